The number of anilines is 1. The van der Waals surface area contributed by atoms with Crippen LogP contribution in [0.1, 0.15) is 30.1 Å². The third-order valence-corrected chi connectivity index (χ3v) is 4.86. The summed E-state index contributed by atoms with van der Waals surface area (Å²) >= 11 is 0. The summed E-state index contributed by atoms with van der Waals surface area (Å²) < 4.78 is 4.71. The second-order valence-corrected chi connectivity index (χ2v) is 6.52. The Morgan fingerprint density at radius 3 is 2.48 bits per heavy atom. The van der Waals surface area contributed by atoms with Crippen LogP contribution in [-0.4, -0.2) is 61.5 Å². The number of carbonyl (C=O) groups is 3. The molecule has 1 aromatic rings. The van der Waals surface area contributed by atoms with Crippen molar-refractivity contribution in [2.45, 2.75) is 31.8 Å². The van der Waals surface area contributed by atoms with E-state index in [1.165, 1.54) is 7.11 Å². The third-order valence-electron chi connectivity index (χ3n) is 4.86. The normalized spacial score (nSPS) is 23.4. The van der Waals surface area contributed by atoms with E-state index in [0.717, 1.165) is 5.69 Å². The highest BCUT2D eigenvalue weighted by Gasteiger charge is 2.35. The van der Waals surface area contributed by atoms with E-state index in [1.807, 2.05) is 24.0 Å². The highest BCUT2D eigenvalue weighted by molar-refractivity contribution is 5.91. The number of rotatable bonds is 3. The molecule has 2 saturated heterocycles. The van der Waals surface area contributed by atoms with Crippen molar-refractivity contribution in [2.24, 2.45) is 0 Å². The van der Waals surface area contributed by atoms with Crippen molar-refractivity contribution < 1.29 is 19.1 Å². The van der Waals surface area contributed by atoms with Crippen LogP contribution in [0, 0.1) is 0 Å². The Labute approximate surface area is 146 Å². The highest BCUT2D eigenvalue weighted by Crippen LogP contribution is 2.21. The molecule has 2 aliphatic heterocycles. The van der Waals surface area contributed by atoms with Crippen LogP contribution in [0.25, 0.3) is 0 Å². The van der Waals surface area contributed by atoms with Gasteiger partial charge in [-0.2, -0.15) is 0 Å². The maximum absolute atomic E-state index is 12.6. The second kappa shape index (κ2) is 7.13. The topological polar surface area (TPSA) is 79.0 Å². The minimum Gasteiger partial charge on any atom is -0.465 e. The van der Waals surface area contributed by atoms with Crippen LogP contribution in [0.4, 0.5) is 5.69 Å². The van der Waals surface area contributed by atoms with Crippen molar-refractivity contribution >= 4 is 23.5 Å². The summed E-state index contributed by atoms with van der Waals surface area (Å²) in [5.74, 6) is -0.386. The average molecular weight is 345 g/mol. The van der Waals surface area contributed by atoms with Gasteiger partial charge in [-0.05, 0) is 37.6 Å². The van der Waals surface area contributed by atoms with Crippen LogP contribution in [0.5, 0.6) is 0 Å². The zero-order valence-electron chi connectivity index (χ0n) is 14.5. The van der Waals surface area contributed by atoms with Crippen LogP contribution in [0.3, 0.4) is 0 Å². The van der Waals surface area contributed by atoms with Crippen molar-refractivity contribution in [1.29, 1.82) is 0 Å². The number of hydrogen-bond donors (Lipinski definition) is 1. The summed E-state index contributed by atoms with van der Waals surface area (Å²) in [5, 5.41) is 2.75. The lowest BCUT2D eigenvalue weighted by Crippen LogP contribution is -2.57. The molecule has 0 aliphatic carbocycles. The summed E-state index contributed by atoms with van der Waals surface area (Å²) in [6, 6.07) is 6.97. The first-order valence-electron chi connectivity index (χ1n) is 8.52. The average Bonchev–Trinajstić information content (AvgIpc) is 3.07. The third kappa shape index (κ3) is 3.60. The molecule has 1 N–H and O–H groups in total. The van der Waals surface area contributed by atoms with Crippen molar-refractivity contribution in [1.82, 2.24) is 10.2 Å². The molecule has 2 aliphatic rings. The van der Waals surface area contributed by atoms with Crippen LogP contribution in [-0.2, 0) is 14.3 Å². The summed E-state index contributed by atoms with van der Waals surface area (Å²) in [6.45, 7) is 4.06. The van der Waals surface area contributed by atoms with Crippen molar-refractivity contribution in [2.75, 3.05) is 31.6 Å². The van der Waals surface area contributed by atoms with Gasteiger partial charge in [-0.3, -0.25) is 9.59 Å². The molecule has 0 aromatic heterocycles. The minimum atomic E-state index is -0.374. The number of nitrogens with zero attached hydrogens (tertiary/aromatic N) is 2. The van der Waals surface area contributed by atoms with Gasteiger partial charge in [0, 0.05) is 37.8 Å². The van der Waals surface area contributed by atoms with Crippen molar-refractivity contribution in [3.63, 3.8) is 0 Å². The smallest absolute Gasteiger partial charge is 0.337 e. The van der Waals surface area contributed by atoms with E-state index >= 15 is 0 Å². The Kier molecular flexibility index (Phi) is 4.92. The molecule has 2 fully saturated rings. The predicted molar refractivity (Wildman–Crippen MR) is 92.3 cm³/mol. The maximum Gasteiger partial charge on any atom is 0.337 e. The molecule has 1 aromatic carbocycles. The molecule has 3 rings (SSSR count). The first-order valence-corrected chi connectivity index (χ1v) is 8.52. The van der Waals surface area contributed by atoms with Gasteiger partial charge < -0.3 is 19.9 Å². The SMILES string of the molecule is COC(=O)c1ccc(N2CCN(C(=O)[C@H]3CCC(=O)N3)[C@@H](C)C2)cc1. The highest BCUT2D eigenvalue weighted by atomic mass is 16.5. The number of esters is 1. The summed E-state index contributed by atoms with van der Waals surface area (Å²) in [7, 11) is 1.36. The quantitative estimate of drug-likeness (QED) is 0.820. The van der Waals surface area contributed by atoms with E-state index in [0.29, 0.717) is 38.0 Å². The number of hydrogen-bond acceptors (Lipinski definition) is 5. The number of amides is 2. The summed E-state index contributed by atoms with van der Waals surface area (Å²) in [6.07, 6.45) is 1.01. The lowest BCUT2D eigenvalue weighted by atomic mass is 10.1. The van der Waals surface area contributed by atoms with E-state index in [1.54, 1.807) is 12.1 Å². The summed E-state index contributed by atoms with van der Waals surface area (Å²) in [4.78, 5) is 39.5. The minimum absolute atomic E-state index is 0.0130. The molecule has 2 atom stereocenters. The zero-order chi connectivity index (χ0) is 18.0. The molecule has 0 unspecified atom stereocenters. The summed E-state index contributed by atoms with van der Waals surface area (Å²) in [5.41, 5.74) is 1.53. The largest absolute Gasteiger partial charge is 0.465 e. The standard InChI is InChI=1S/C18H23N3O4/c1-12-11-20(14-5-3-13(4-6-14)18(24)25-2)9-10-21(12)17(23)15-7-8-16(22)19-15/h3-6,12,15H,7-11H2,1-2H3,(H,19,22)/t12-,15+/m0/s1. The molecule has 0 spiro atoms. The Balaban J connectivity index is 1.62. The van der Waals surface area contributed by atoms with Gasteiger partial charge in [0.05, 0.1) is 12.7 Å². The first-order chi connectivity index (χ1) is 12.0. The molecule has 7 heteroatoms. The first kappa shape index (κ1) is 17.3. The zero-order valence-corrected chi connectivity index (χ0v) is 14.5. The fourth-order valence-electron chi connectivity index (χ4n) is 3.45. The molecular weight excluding hydrogens is 322 g/mol. The van der Waals surface area contributed by atoms with Crippen LogP contribution < -0.4 is 10.2 Å². The Bertz CT molecular complexity index is 673. The van der Waals surface area contributed by atoms with Gasteiger partial charge in [-0.1, -0.05) is 0 Å². The van der Waals surface area contributed by atoms with E-state index in [4.69, 9.17) is 4.74 Å². The van der Waals surface area contributed by atoms with Crippen molar-refractivity contribution in [3.8, 4) is 0 Å². The Hall–Kier alpha value is -2.57. The van der Waals surface area contributed by atoms with Gasteiger partial charge in [0.15, 0.2) is 0 Å². The number of ether oxygens (including phenoxy) is 1. The Morgan fingerprint density at radius 2 is 1.92 bits per heavy atom. The monoisotopic (exact) mass is 345 g/mol. The van der Waals surface area contributed by atoms with Crippen molar-refractivity contribution in [3.05, 3.63) is 29.8 Å². The van der Waals surface area contributed by atoms with E-state index in [2.05, 4.69) is 10.2 Å². The van der Waals surface area contributed by atoms with Gasteiger partial charge in [0.1, 0.15) is 6.04 Å². The molecule has 0 bridgehead atoms. The molecule has 7 nitrogen and oxygen atoms in total. The van der Waals surface area contributed by atoms with Gasteiger partial charge in [0.2, 0.25) is 11.8 Å². The molecule has 134 valence electrons. The van der Waals surface area contributed by atoms with Crippen LogP contribution in [0.15, 0.2) is 24.3 Å². The van der Waals surface area contributed by atoms with Crippen LogP contribution >= 0.6 is 0 Å². The van der Waals surface area contributed by atoms with Gasteiger partial charge in [0.25, 0.3) is 0 Å². The second-order valence-electron chi connectivity index (χ2n) is 6.52. The number of nitrogens with one attached hydrogen (secondary N) is 1. The molecule has 0 saturated carbocycles. The Morgan fingerprint density at radius 1 is 1.20 bits per heavy atom. The lowest BCUT2D eigenvalue weighted by molar-refractivity contribution is -0.136. The number of carbonyl (C=O) groups excluding carboxylic acids is 3. The number of piperazine rings is 1. The lowest BCUT2D eigenvalue weighted by Gasteiger charge is -2.41. The van der Waals surface area contributed by atoms with E-state index in [-0.39, 0.29) is 29.9 Å². The molecule has 2 heterocycles. The molecule has 2 amide bonds. The van der Waals surface area contributed by atoms with E-state index < -0.39 is 0 Å². The number of benzene rings is 1. The predicted octanol–water partition coefficient (Wildman–Crippen LogP) is 0.789. The van der Waals surface area contributed by atoms with Gasteiger partial charge >= 0.3 is 5.97 Å². The molecular formula is C18H23N3O4. The van der Waals surface area contributed by atoms with Crippen LogP contribution in [0.2, 0.25) is 0 Å². The molecule has 25 heavy (non-hydrogen) atoms. The number of methoxy groups -OCH3 is 1. The van der Waals surface area contributed by atoms with Gasteiger partial charge in [-0.25, -0.2) is 4.79 Å². The van der Waals surface area contributed by atoms with E-state index in [9.17, 15) is 14.4 Å². The van der Waals surface area contributed by atoms with Gasteiger partial charge in [-0.15, -0.1) is 0 Å². The maximum atomic E-state index is 12.6. The molecule has 0 radical (unpaired) electrons. The fraction of sp³-hybridized carbons (Fsp3) is 0.500. The fourth-order valence-corrected chi connectivity index (χ4v) is 3.45.